The molecule has 0 unspecified atom stereocenters. The van der Waals surface area contributed by atoms with Crippen molar-refractivity contribution in [2.45, 2.75) is 5.03 Å². The lowest BCUT2D eigenvalue weighted by atomic mass is 10.3. The molecule has 0 aliphatic heterocycles. The number of aromatic nitrogens is 2. The second-order valence-corrected chi connectivity index (χ2v) is 7.06. The van der Waals surface area contributed by atoms with E-state index in [2.05, 4.69) is 10.3 Å². The summed E-state index contributed by atoms with van der Waals surface area (Å²) in [5, 5.41) is 2.66. The van der Waals surface area contributed by atoms with Crippen LogP contribution in [0.4, 0.5) is 14.5 Å². The third kappa shape index (κ3) is 4.93. The van der Waals surface area contributed by atoms with E-state index in [1.807, 2.05) is 0 Å². The molecule has 0 saturated carbocycles. The van der Waals surface area contributed by atoms with Crippen LogP contribution in [-0.4, -0.2) is 28.3 Å². The highest BCUT2D eigenvalue weighted by atomic mass is 35.5. The Morgan fingerprint density at radius 3 is 2.79 bits per heavy atom. The highest BCUT2D eigenvalue weighted by Crippen LogP contribution is 2.26. The first kappa shape index (κ1) is 20.8. The maximum atomic E-state index is 13.6. The number of carbonyl (C=O) groups excluding carboxylic acids is 1. The van der Waals surface area contributed by atoms with Crippen LogP contribution in [0.1, 0.15) is 0 Å². The Labute approximate surface area is 173 Å². The Bertz CT molecular complexity index is 1120. The van der Waals surface area contributed by atoms with Crippen LogP contribution in [0.3, 0.4) is 0 Å². The molecule has 0 fully saturated rings. The lowest BCUT2D eigenvalue weighted by Crippen LogP contribution is -2.22. The van der Waals surface area contributed by atoms with Gasteiger partial charge in [0.15, 0.2) is 5.03 Å². The van der Waals surface area contributed by atoms with Crippen LogP contribution in [-0.2, 0) is 4.79 Å². The van der Waals surface area contributed by atoms with Crippen molar-refractivity contribution < 1.29 is 18.3 Å². The molecule has 1 amide bonds. The van der Waals surface area contributed by atoms with Gasteiger partial charge in [-0.1, -0.05) is 23.4 Å². The monoisotopic (exact) mass is 437 g/mol. The van der Waals surface area contributed by atoms with Crippen LogP contribution < -0.4 is 15.6 Å². The number of carbonyl (C=O) groups is 1. The maximum absolute atomic E-state index is 13.6. The van der Waals surface area contributed by atoms with E-state index in [9.17, 15) is 18.4 Å². The van der Waals surface area contributed by atoms with Crippen molar-refractivity contribution >= 4 is 35.0 Å². The van der Waals surface area contributed by atoms with E-state index in [-0.39, 0.29) is 16.5 Å². The number of thioether (sulfide) groups is 1. The van der Waals surface area contributed by atoms with Gasteiger partial charge in [-0.2, -0.15) is 0 Å². The average molecular weight is 438 g/mol. The van der Waals surface area contributed by atoms with Crippen LogP contribution in [0.5, 0.6) is 5.75 Å². The predicted octanol–water partition coefficient (Wildman–Crippen LogP) is 3.90. The molecule has 0 saturated heterocycles. The molecule has 6 nitrogen and oxygen atoms in total. The molecule has 150 valence electrons. The summed E-state index contributed by atoms with van der Waals surface area (Å²) in [5.41, 5.74) is -0.235. The number of hydrogen-bond donors (Lipinski definition) is 1. The van der Waals surface area contributed by atoms with Gasteiger partial charge in [0, 0.05) is 18.5 Å². The summed E-state index contributed by atoms with van der Waals surface area (Å²) in [6.07, 6.45) is 2.87. The zero-order valence-electron chi connectivity index (χ0n) is 15.0. The van der Waals surface area contributed by atoms with Gasteiger partial charge in [0.2, 0.25) is 5.91 Å². The lowest BCUT2D eigenvalue weighted by molar-refractivity contribution is -0.113. The van der Waals surface area contributed by atoms with Gasteiger partial charge >= 0.3 is 0 Å². The first-order valence-corrected chi connectivity index (χ1v) is 9.54. The molecule has 0 bridgehead atoms. The second-order valence-electron chi connectivity index (χ2n) is 5.69. The van der Waals surface area contributed by atoms with E-state index in [1.54, 1.807) is 18.2 Å². The maximum Gasteiger partial charge on any atom is 0.287 e. The summed E-state index contributed by atoms with van der Waals surface area (Å²) in [6.45, 7) is 0. The third-order valence-corrected chi connectivity index (χ3v) is 5.02. The average Bonchev–Trinajstić information content (AvgIpc) is 2.70. The Morgan fingerprint density at radius 1 is 1.28 bits per heavy atom. The summed E-state index contributed by atoms with van der Waals surface area (Å²) < 4.78 is 33.2. The minimum atomic E-state index is -0.763. The molecule has 1 N–H and O–H groups in total. The minimum absolute atomic E-state index is 0.0642. The van der Waals surface area contributed by atoms with E-state index >= 15 is 0 Å². The summed E-state index contributed by atoms with van der Waals surface area (Å²) in [7, 11) is 1.48. The number of hydrogen-bond acceptors (Lipinski definition) is 5. The van der Waals surface area contributed by atoms with Crippen molar-refractivity contribution in [2.24, 2.45) is 0 Å². The Morgan fingerprint density at radius 2 is 2.07 bits per heavy atom. The van der Waals surface area contributed by atoms with Crippen LogP contribution in [0.2, 0.25) is 5.02 Å². The van der Waals surface area contributed by atoms with Gasteiger partial charge in [0.05, 0.1) is 29.3 Å². The number of amides is 1. The topological polar surface area (TPSA) is 73.2 Å². The van der Waals surface area contributed by atoms with Crippen molar-refractivity contribution in [1.82, 2.24) is 9.55 Å². The van der Waals surface area contributed by atoms with Crippen molar-refractivity contribution in [3.05, 3.63) is 75.8 Å². The van der Waals surface area contributed by atoms with Crippen molar-refractivity contribution in [2.75, 3.05) is 18.2 Å². The first-order chi connectivity index (χ1) is 13.9. The standard InChI is InChI=1S/C19H14ClF2N3O3S/c1-28-16-5-3-12(9-13(16)20)25-7-6-23-18(19(25)27)29-10-17(26)24-15-8-11(21)2-4-14(15)22/h2-9H,10H2,1H3,(H,24,26). The van der Waals surface area contributed by atoms with Crippen LogP contribution in [0, 0.1) is 11.6 Å². The van der Waals surface area contributed by atoms with Gasteiger partial charge in [-0.25, -0.2) is 13.8 Å². The van der Waals surface area contributed by atoms with Crippen LogP contribution in [0.15, 0.2) is 58.6 Å². The molecule has 0 spiro atoms. The molecule has 2 aromatic carbocycles. The highest BCUT2D eigenvalue weighted by molar-refractivity contribution is 7.99. The van der Waals surface area contributed by atoms with E-state index < -0.39 is 23.1 Å². The zero-order chi connectivity index (χ0) is 21.0. The van der Waals surface area contributed by atoms with Gasteiger partial charge in [0.1, 0.15) is 17.4 Å². The number of nitrogens with one attached hydrogen (secondary N) is 1. The number of nitrogens with zero attached hydrogens (tertiary/aromatic N) is 2. The van der Waals surface area contributed by atoms with Crippen molar-refractivity contribution in [1.29, 1.82) is 0 Å². The molecule has 10 heteroatoms. The second kappa shape index (κ2) is 9.06. The largest absolute Gasteiger partial charge is 0.495 e. The number of benzene rings is 2. The minimum Gasteiger partial charge on any atom is -0.495 e. The number of halogens is 3. The molecular weight excluding hydrogens is 424 g/mol. The summed E-state index contributed by atoms with van der Waals surface area (Å²) in [5.74, 6) is -1.80. The van der Waals surface area contributed by atoms with Gasteiger partial charge in [-0.15, -0.1) is 0 Å². The first-order valence-electron chi connectivity index (χ1n) is 8.18. The number of rotatable bonds is 6. The number of ether oxygens (including phenoxy) is 1. The van der Waals surface area contributed by atoms with Gasteiger partial charge in [-0.05, 0) is 30.3 Å². The fraction of sp³-hybridized carbons (Fsp3) is 0.105. The van der Waals surface area contributed by atoms with Gasteiger partial charge < -0.3 is 10.1 Å². The van der Waals surface area contributed by atoms with E-state index in [0.29, 0.717) is 16.5 Å². The normalized spacial score (nSPS) is 10.6. The molecule has 3 rings (SSSR count). The molecule has 0 radical (unpaired) electrons. The van der Waals surface area contributed by atoms with Gasteiger partial charge in [0.25, 0.3) is 5.56 Å². The Balaban J connectivity index is 1.74. The van der Waals surface area contributed by atoms with Gasteiger partial charge in [-0.3, -0.25) is 14.2 Å². The van der Waals surface area contributed by atoms with Crippen molar-refractivity contribution in [3.8, 4) is 11.4 Å². The lowest BCUT2D eigenvalue weighted by Gasteiger charge is -2.10. The SMILES string of the molecule is COc1ccc(-n2ccnc(SCC(=O)Nc3cc(F)ccc3F)c2=O)cc1Cl. The molecule has 0 atom stereocenters. The molecular formula is C19H14ClF2N3O3S. The Hall–Kier alpha value is -2.91. The number of methoxy groups -OCH3 is 1. The molecule has 1 heterocycles. The summed E-state index contributed by atoms with van der Waals surface area (Å²) in [4.78, 5) is 28.7. The molecule has 0 aliphatic carbocycles. The quantitative estimate of drug-likeness (QED) is 0.592. The van der Waals surface area contributed by atoms with Crippen molar-refractivity contribution in [3.63, 3.8) is 0 Å². The molecule has 0 aliphatic rings. The summed E-state index contributed by atoms with van der Waals surface area (Å²) >= 11 is 6.98. The fourth-order valence-electron chi connectivity index (χ4n) is 2.41. The third-order valence-electron chi connectivity index (χ3n) is 3.77. The molecule has 1 aromatic heterocycles. The van der Waals surface area contributed by atoms with E-state index in [0.717, 1.165) is 30.0 Å². The Kier molecular flexibility index (Phi) is 6.50. The highest BCUT2D eigenvalue weighted by Gasteiger charge is 2.13. The van der Waals surface area contributed by atoms with E-state index in [4.69, 9.17) is 16.3 Å². The van der Waals surface area contributed by atoms with Crippen LogP contribution >= 0.6 is 23.4 Å². The molecule has 3 aromatic rings. The van der Waals surface area contributed by atoms with E-state index in [1.165, 1.54) is 24.1 Å². The fourth-order valence-corrected chi connectivity index (χ4v) is 3.36. The number of anilines is 1. The summed E-state index contributed by atoms with van der Waals surface area (Å²) in [6, 6.07) is 7.57. The smallest absolute Gasteiger partial charge is 0.287 e. The van der Waals surface area contributed by atoms with Crippen LogP contribution in [0.25, 0.3) is 5.69 Å². The predicted molar refractivity (Wildman–Crippen MR) is 107 cm³/mol. The zero-order valence-corrected chi connectivity index (χ0v) is 16.6. The molecule has 29 heavy (non-hydrogen) atoms.